The molecule has 1 heterocycles. The Hall–Kier alpha value is -3.38. The number of benzene rings is 3. The van der Waals surface area contributed by atoms with Crippen molar-refractivity contribution < 1.29 is 19.1 Å². The van der Waals surface area contributed by atoms with E-state index in [-0.39, 0.29) is 23.8 Å². The van der Waals surface area contributed by atoms with Crippen molar-refractivity contribution in [2.24, 2.45) is 0 Å². The number of thioether (sulfide) groups is 1. The second-order valence-electron chi connectivity index (χ2n) is 6.49. The van der Waals surface area contributed by atoms with E-state index < -0.39 is 5.97 Å². The molecule has 0 fully saturated rings. The van der Waals surface area contributed by atoms with Gasteiger partial charge in [-0.05, 0) is 42.0 Å². The number of amides is 1. The van der Waals surface area contributed by atoms with Crippen LogP contribution in [0.1, 0.15) is 35.3 Å². The van der Waals surface area contributed by atoms with Crippen molar-refractivity contribution in [2.45, 2.75) is 25.3 Å². The monoisotopic (exact) mass is 435 g/mol. The van der Waals surface area contributed by atoms with Gasteiger partial charge in [-0.1, -0.05) is 68.1 Å². The molecule has 0 radical (unpaired) electrons. The molecule has 6 heteroatoms. The second-order valence-corrected chi connectivity index (χ2v) is 7.57. The summed E-state index contributed by atoms with van der Waals surface area (Å²) in [4.78, 5) is 27.2. The Morgan fingerprint density at radius 2 is 1.65 bits per heavy atom. The van der Waals surface area contributed by atoms with Gasteiger partial charge in [0.2, 0.25) is 0 Å². The summed E-state index contributed by atoms with van der Waals surface area (Å²) in [5, 5.41) is 9.03. The molecule has 1 aliphatic heterocycles. The smallest absolute Gasteiger partial charge is 0.335 e. The minimum atomic E-state index is -1.00. The maximum absolute atomic E-state index is 14.2. The van der Waals surface area contributed by atoms with Crippen LogP contribution in [0.2, 0.25) is 0 Å². The molecule has 0 atom stereocenters. The number of hydrogen-bond donors (Lipinski definition) is 1. The lowest BCUT2D eigenvalue weighted by atomic mass is 10.1. The number of rotatable bonds is 4. The zero-order valence-corrected chi connectivity index (χ0v) is 18.0. The van der Waals surface area contributed by atoms with Crippen LogP contribution in [0.15, 0.2) is 82.6 Å². The van der Waals surface area contributed by atoms with Gasteiger partial charge in [0.05, 0.1) is 22.7 Å². The lowest BCUT2D eigenvalue weighted by Crippen LogP contribution is -2.34. The fourth-order valence-electron chi connectivity index (χ4n) is 3.09. The van der Waals surface area contributed by atoms with E-state index in [2.05, 4.69) is 0 Å². The number of para-hydroxylation sites is 1. The third-order valence-corrected chi connectivity index (χ3v) is 5.65. The molecule has 3 aromatic rings. The number of carboxylic acids is 1. The van der Waals surface area contributed by atoms with E-state index in [1.54, 1.807) is 41.3 Å². The highest BCUT2D eigenvalue weighted by Gasteiger charge is 2.29. The van der Waals surface area contributed by atoms with Crippen LogP contribution in [-0.2, 0) is 11.3 Å². The summed E-state index contributed by atoms with van der Waals surface area (Å²) in [6, 6.07) is 20.2. The van der Waals surface area contributed by atoms with Crippen LogP contribution in [-0.4, -0.2) is 17.0 Å². The molecule has 0 unspecified atom stereocenters. The molecule has 0 saturated heterocycles. The van der Waals surface area contributed by atoms with Crippen molar-refractivity contribution in [3.8, 4) is 0 Å². The van der Waals surface area contributed by atoms with E-state index >= 15 is 0 Å². The Bertz CT molecular complexity index is 1130. The Balaban J connectivity index is 0.00000132. The van der Waals surface area contributed by atoms with Crippen LogP contribution < -0.4 is 4.90 Å². The molecule has 0 saturated carbocycles. The van der Waals surface area contributed by atoms with E-state index in [1.807, 2.05) is 38.1 Å². The Morgan fingerprint density at radius 3 is 2.32 bits per heavy atom. The molecule has 4 nitrogen and oxygen atoms in total. The standard InChI is InChI=1S/C23H16FNO3S.C2H6/c24-18-6-2-1-5-17(18)14-25-19-7-3-4-8-20(19)29-21(22(25)26)13-15-9-11-16(12-10-15)23(27)28;1-2/h1-13H,14H2,(H,27,28);1-2H3/b21-13-;. The maximum atomic E-state index is 14.2. The molecular weight excluding hydrogens is 413 g/mol. The number of fused-ring (bicyclic) bond motifs is 1. The minimum Gasteiger partial charge on any atom is -0.478 e. The maximum Gasteiger partial charge on any atom is 0.335 e. The van der Waals surface area contributed by atoms with Crippen molar-refractivity contribution in [3.05, 3.63) is 100 Å². The number of carboxylic acid groups (broad SMARTS) is 1. The molecule has 1 N–H and O–H groups in total. The number of halogens is 1. The summed E-state index contributed by atoms with van der Waals surface area (Å²) in [6.07, 6.45) is 1.73. The van der Waals surface area contributed by atoms with Crippen LogP contribution in [0, 0.1) is 5.82 Å². The molecule has 0 spiro atoms. The Labute approximate surface area is 185 Å². The molecule has 0 aliphatic carbocycles. The molecule has 0 aromatic heterocycles. The van der Waals surface area contributed by atoms with Crippen LogP contribution >= 0.6 is 11.8 Å². The number of aromatic carboxylic acids is 1. The normalized spacial score (nSPS) is 14.0. The van der Waals surface area contributed by atoms with Crippen molar-refractivity contribution in [3.63, 3.8) is 0 Å². The van der Waals surface area contributed by atoms with Gasteiger partial charge in [-0.15, -0.1) is 0 Å². The highest BCUT2D eigenvalue weighted by atomic mass is 32.2. The highest BCUT2D eigenvalue weighted by Crippen LogP contribution is 2.42. The molecule has 4 rings (SSSR count). The number of nitrogens with zero attached hydrogens (tertiary/aromatic N) is 1. The number of hydrogen-bond acceptors (Lipinski definition) is 3. The number of carbonyl (C=O) groups is 2. The Kier molecular flexibility index (Phi) is 7.26. The van der Waals surface area contributed by atoms with E-state index in [0.29, 0.717) is 10.5 Å². The first-order chi connectivity index (χ1) is 15.0. The van der Waals surface area contributed by atoms with Crippen molar-refractivity contribution >= 4 is 35.4 Å². The van der Waals surface area contributed by atoms with Crippen LogP contribution in [0.4, 0.5) is 10.1 Å². The molecule has 1 amide bonds. The van der Waals surface area contributed by atoms with Gasteiger partial charge in [-0.2, -0.15) is 0 Å². The average Bonchev–Trinajstić information content (AvgIpc) is 2.79. The predicted octanol–water partition coefficient (Wildman–Crippen LogP) is 6.23. The topological polar surface area (TPSA) is 57.6 Å². The first-order valence-electron chi connectivity index (χ1n) is 9.90. The van der Waals surface area contributed by atoms with Gasteiger partial charge in [0.25, 0.3) is 5.91 Å². The summed E-state index contributed by atoms with van der Waals surface area (Å²) in [5.74, 6) is -1.58. The summed E-state index contributed by atoms with van der Waals surface area (Å²) in [7, 11) is 0. The lowest BCUT2D eigenvalue weighted by Gasteiger charge is -2.30. The van der Waals surface area contributed by atoms with Gasteiger partial charge in [0, 0.05) is 10.5 Å². The minimum absolute atomic E-state index is 0.123. The fraction of sp³-hybridized carbons (Fsp3) is 0.120. The average molecular weight is 436 g/mol. The number of anilines is 1. The first-order valence-corrected chi connectivity index (χ1v) is 10.7. The van der Waals surface area contributed by atoms with Crippen molar-refractivity contribution in [1.82, 2.24) is 0 Å². The van der Waals surface area contributed by atoms with E-state index in [1.165, 1.54) is 30.0 Å². The zero-order valence-electron chi connectivity index (χ0n) is 17.2. The van der Waals surface area contributed by atoms with Crippen molar-refractivity contribution in [2.75, 3.05) is 4.90 Å². The summed E-state index contributed by atoms with van der Waals surface area (Å²) in [5.41, 5.74) is 2.08. The zero-order chi connectivity index (χ0) is 22.4. The van der Waals surface area contributed by atoms with Gasteiger partial charge >= 0.3 is 5.97 Å². The van der Waals surface area contributed by atoms with Crippen LogP contribution in [0.3, 0.4) is 0 Å². The van der Waals surface area contributed by atoms with Gasteiger partial charge in [-0.3, -0.25) is 4.79 Å². The molecule has 31 heavy (non-hydrogen) atoms. The first kappa shape index (κ1) is 22.3. The third-order valence-electron chi connectivity index (χ3n) is 4.57. The predicted molar refractivity (Wildman–Crippen MR) is 123 cm³/mol. The second kappa shape index (κ2) is 10.1. The third kappa shape index (κ3) is 5.03. The van der Waals surface area contributed by atoms with E-state index in [9.17, 15) is 14.0 Å². The highest BCUT2D eigenvalue weighted by molar-refractivity contribution is 8.04. The lowest BCUT2D eigenvalue weighted by molar-refractivity contribution is -0.114. The number of carbonyl (C=O) groups excluding carboxylic acids is 1. The summed E-state index contributed by atoms with van der Waals surface area (Å²) in [6.45, 7) is 4.12. The Morgan fingerprint density at radius 1 is 1.00 bits per heavy atom. The molecule has 0 bridgehead atoms. The molecule has 3 aromatic carbocycles. The summed E-state index contributed by atoms with van der Waals surface area (Å²) >= 11 is 1.35. The van der Waals surface area contributed by atoms with Crippen LogP contribution in [0.5, 0.6) is 0 Å². The van der Waals surface area contributed by atoms with Gasteiger partial charge in [-0.25, -0.2) is 9.18 Å². The van der Waals surface area contributed by atoms with Crippen LogP contribution in [0.25, 0.3) is 6.08 Å². The van der Waals surface area contributed by atoms with E-state index in [4.69, 9.17) is 5.11 Å². The van der Waals surface area contributed by atoms with Gasteiger partial charge in [0.1, 0.15) is 5.82 Å². The largest absolute Gasteiger partial charge is 0.478 e. The molecule has 1 aliphatic rings. The van der Waals surface area contributed by atoms with Gasteiger partial charge in [0.15, 0.2) is 0 Å². The van der Waals surface area contributed by atoms with E-state index in [0.717, 1.165) is 16.1 Å². The summed E-state index contributed by atoms with van der Waals surface area (Å²) < 4.78 is 14.2. The quantitative estimate of drug-likeness (QED) is 0.494. The SMILES string of the molecule is CC.O=C(O)c1ccc(/C=C2\Sc3ccccc3N(Cc3ccccc3F)C2=O)cc1. The van der Waals surface area contributed by atoms with Gasteiger partial charge < -0.3 is 10.0 Å². The fourth-order valence-corrected chi connectivity index (χ4v) is 4.15. The molecule has 158 valence electrons. The molecular formula is C25H22FNO3S. The van der Waals surface area contributed by atoms with Crippen molar-refractivity contribution in [1.29, 1.82) is 0 Å².